The van der Waals surface area contributed by atoms with E-state index in [1.165, 1.54) is 11.2 Å². The van der Waals surface area contributed by atoms with Crippen molar-refractivity contribution < 1.29 is 20.0 Å². The first-order valence-corrected chi connectivity index (χ1v) is 13.9. The van der Waals surface area contributed by atoms with Crippen LogP contribution in [0.3, 0.4) is 0 Å². The fourth-order valence-corrected chi connectivity index (χ4v) is 6.24. The van der Waals surface area contributed by atoms with Gasteiger partial charge in [-0.2, -0.15) is 4.98 Å². The van der Waals surface area contributed by atoms with E-state index in [0.29, 0.717) is 28.6 Å². The van der Waals surface area contributed by atoms with E-state index in [1.54, 1.807) is 10.9 Å². The predicted octanol–water partition coefficient (Wildman–Crippen LogP) is 4.39. The lowest BCUT2D eigenvalue weighted by molar-refractivity contribution is -0.00489. The number of aromatic nitrogens is 7. The van der Waals surface area contributed by atoms with E-state index in [-0.39, 0.29) is 38.0 Å². The number of imidazole rings is 1. The Balaban J connectivity index is 1.37. The van der Waals surface area contributed by atoms with Crippen molar-refractivity contribution in [2.45, 2.75) is 71.5 Å². The molecule has 1 aliphatic rings. The van der Waals surface area contributed by atoms with Crippen LogP contribution in [0.25, 0.3) is 27.0 Å². The highest BCUT2D eigenvalue weighted by atomic mass is 31.2. The minimum Gasteiger partial charge on any atom is -0.352 e. The van der Waals surface area contributed by atoms with Gasteiger partial charge in [-0.15, -0.1) is 5.10 Å². The van der Waals surface area contributed by atoms with Crippen molar-refractivity contribution in [2.24, 2.45) is 0 Å². The first-order valence-electron chi connectivity index (χ1n) is 13.4. The molecule has 0 spiro atoms. The van der Waals surface area contributed by atoms with Gasteiger partial charge in [0.1, 0.15) is 30.2 Å². The third-order valence-corrected chi connectivity index (χ3v) is 8.34. The normalized spacial score (nSPS) is 20.8. The Morgan fingerprint density at radius 1 is 1.23 bits per heavy atom. The largest absolute Gasteiger partial charge is 0.352 e. The number of hydrogen-bond donors (Lipinski definition) is 0. The van der Waals surface area contributed by atoms with Crippen LogP contribution in [0, 0.1) is 6.57 Å². The van der Waals surface area contributed by atoms with E-state index >= 15 is 0 Å². The summed E-state index contributed by atoms with van der Waals surface area (Å²) in [6, 6.07) is 7.77. The lowest BCUT2D eigenvalue weighted by Gasteiger charge is -2.36. The quantitative estimate of drug-likeness (QED) is 0.150. The summed E-state index contributed by atoms with van der Waals surface area (Å²) in [5, 5.41) is 8.17. The van der Waals surface area contributed by atoms with Crippen molar-refractivity contribution >= 4 is 30.7 Å². The van der Waals surface area contributed by atoms with Crippen molar-refractivity contribution in [1.29, 1.82) is 0 Å². The van der Waals surface area contributed by atoms with Crippen LogP contribution >= 0.6 is 8.53 Å². The first-order chi connectivity index (χ1) is 19.4. The molecule has 1 aromatic carbocycles. The van der Waals surface area contributed by atoms with Gasteiger partial charge in [-0.1, -0.05) is 17.0 Å². The van der Waals surface area contributed by atoms with Gasteiger partial charge < -0.3 is 23.5 Å². The third kappa shape index (κ3) is 5.71. The fourth-order valence-electron chi connectivity index (χ4n) is 4.50. The maximum atomic E-state index is 8.13. The summed E-state index contributed by atoms with van der Waals surface area (Å²) in [6.45, 7) is 16.0. The van der Waals surface area contributed by atoms with Gasteiger partial charge in [0.2, 0.25) is 6.54 Å². The van der Waals surface area contributed by atoms with Crippen LogP contribution in [0.5, 0.6) is 5.88 Å². The predicted molar refractivity (Wildman–Crippen MR) is 144 cm³/mol. The Morgan fingerprint density at radius 2 is 2.05 bits per heavy atom. The number of fused-ring (bicyclic) bond motifs is 2. The SMILES string of the molecule is [2H]C[C@H]1O[C@@H](n2cnc3c(On4nnc5ccccc54)ncnc32)CC1OP(OCC[N+]#[C-])N(C(C)C)C(C)C. The summed E-state index contributed by atoms with van der Waals surface area (Å²) in [6.07, 6.45) is 2.16. The molecule has 14 heteroatoms. The fraction of sp³-hybridized carbons (Fsp3) is 0.520. The molecule has 5 rings (SSSR count). The molecule has 0 aliphatic carbocycles. The molecule has 4 heterocycles. The molecule has 0 bridgehead atoms. The summed E-state index contributed by atoms with van der Waals surface area (Å²) in [7, 11) is -1.47. The van der Waals surface area contributed by atoms with Crippen LogP contribution in [0.2, 0.25) is 0 Å². The molecule has 1 saturated heterocycles. The number of benzene rings is 1. The zero-order valence-electron chi connectivity index (χ0n) is 23.3. The Morgan fingerprint density at radius 3 is 2.82 bits per heavy atom. The second-order valence-electron chi connectivity index (χ2n) is 9.57. The van der Waals surface area contributed by atoms with Gasteiger partial charge in [0.25, 0.3) is 14.4 Å². The highest BCUT2D eigenvalue weighted by Gasteiger charge is 2.39. The van der Waals surface area contributed by atoms with E-state index in [4.69, 9.17) is 26.6 Å². The Hall–Kier alpha value is -3.27. The zero-order chi connectivity index (χ0) is 28.2. The molecule has 2 unspecified atom stereocenters. The summed E-state index contributed by atoms with van der Waals surface area (Å²) in [4.78, 5) is 23.9. The summed E-state index contributed by atoms with van der Waals surface area (Å²) in [5.74, 6) is 0.225. The van der Waals surface area contributed by atoms with Crippen molar-refractivity contribution in [2.75, 3.05) is 13.2 Å². The maximum Gasteiger partial charge on any atom is 0.280 e. The standard InChI is InChI=1S/C25H32N9O4P/c1-16(2)33(17(3)4)39(35-12-11-26-6)38-21-13-22(36-18(21)5)32-15-29-23-24(32)27-14-28-25(23)37-34-20-10-8-7-9-19(20)30-31-34/h7-10,14-18,21-22H,11-13H2,1-5H3/t18-,21?,22-,39?/m1/s1/i5D. The summed E-state index contributed by atoms with van der Waals surface area (Å²) < 4.78 is 31.0. The van der Waals surface area contributed by atoms with Gasteiger partial charge in [0, 0.05) is 19.9 Å². The lowest BCUT2D eigenvalue weighted by Crippen LogP contribution is -2.35. The highest BCUT2D eigenvalue weighted by Crippen LogP contribution is 2.50. The molecule has 0 N–H and O–H groups in total. The molecule has 1 fully saturated rings. The van der Waals surface area contributed by atoms with E-state index < -0.39 is 27.0 Å². The molecule has 3 aromatic heterocycles. The van der Waals surface area contributed by atoms with E-state index in [1.807, 2.05) is 24.3 Å². The molecular formula is C25H32N9O4P. The van der Waals surface area contributed by atoms with Crippen LogP contribution in [-0.2, 0) is 13.8 Å². The van der Waals surface area contributed by atoms with Crippen LogP contribution in [-0.4, -0.2) is 76.8 Å². The van der Waals surface area contributed by atoms with Crippen molar-refractivity contribution in [1.82, 2.24) is 39.3 Å². The third-order valence-electron chi connectivity index (χ3n) is 6.19. The Bertz CT molecular complexity index is 1470. The van der Waals surface area contributed by atoms with Crippen molar-refractivity contribution in [3.63, 3.8) is 0 Å². The highest BCUT2D eigenvalue weighted by molar-refractivity contribution is 7.44. The first kappa shape index (κ1) is 26.0. The molecule has 4 atom stereocenters. The summed E-state index contributed by atoms with van der Waals surface area (Å²) in [5.41, 5.74) is 2.34. The second-order valence-corrected chi connectivity index (χ2v) is 11.0. The number of para-hydroxylation sites is 1. The van der Waals surface area contributed by atoms with Gasteiger partial charge in [-0.3, -0.25) is 4.57 Å². The topological polar surface area (TPSA) is 119 Å². The average molecular weight is 555 g/mol. The smallest absolute Gasteiger partial charge is 0.280 e. The van der Waals surface area contributed by atoms with Crippen LogP contribution < -0.4 is 4.84 Å². The molecule has 4 aromatic rings. The van der Waals surface area contributed by atoms with E-state index in [2.05, 4.69) is 62.5 Å². The summed E-state index contributed by atoms with van der Waals surface area (Å²) >= 11 is 0. The van der Waals surface area contributed by atoms with Crippen molar-refractivity contribution in [3.8, 4) is 5.88 Å². The van der Waals surface area contributed by atoms with Gasteiger partial charge in [-0.25, -0.2) is 21.2 Å². The minimum atomic E-state index is -1.47. The number of ether oxygens (including phenoxy) is 1. The number of rotatable bonds is 11. The monoisotopic (exact) mass is 554 g/mol. The number of hydrogen-bond acceptors (Lipinski definition) is 10. The molecule has 13 nitrogen and oxygen atoms in total. The maximum absolute atomic E-state index is 8.13. The molecule has 0 saturated carbocycles. The van der Waals surface area contributed by atoms with Crippen LogP contribution in [0.15, 0.2) is 36.9 Å². The van der Waals surface area contributed by atoms with E-state index in [0.717, 1.165) is 0 Å². The second kappa shape index (κ2) is 11.9. The molecule has 0 amide bonds. The lowest BCUT2D eigenvalue weighted by atomic mass is 10.2. The zero-order valence-corrected chi connectivity index (χ0v) is 23.2. The van der Waals surface area contributed by atoms with Gasteiger partial charge in [-0.05, 0) is 51.9 Å². The van der Waals surface area contributed by atoms with Gasteiger partial charge >= 0.3 is 0 Å². The van der Waals surface area contributed by atoms with Crippen molar-refractivity contribution in [3.05, 3.63) is 48.3 Å². The molecule has 0 radical (unpaired) electrons. The van der Waals surface area contributed by atoms with Crippen LogP contribution in [0.4, 0.5) is 0 Å². The van der Waals surface area contributed by atoms with Gasteiger partial charge in [0.15, 0.2) is 11.2 Å². The Kier molecular flexibility index (Phi) is 7.90. The molecule has 1 aliphatic heterocycles. The molecule has 206 valence electrons. The minimum absolute atomic E-state index is 0.0189. The average Bonchev–Trinajstić information content (AvgIpc) is 3.65. The van der Waals surface area contributed by atoms with Gasteiger partial charge in [0.05, 0.1) is 18.5 Å². The molecular weight excluding hydrogens is 521 g/mol. The Labute approximate surface area is 229 Å². The van der Waals surface area contributed by atoms with E-state index in [9.17, 15) is 0 Å². The van der Waals surface area contributed by atoms with Crippen LogP contribution in [0.1, 0.15) is 48.6 Å². The number of nitrogens with zero attached hydrogens (tertiary/aromatic N) is 9. The molecule has 39 heavy (non-hydrogen) atoms.